The molecule has 1 aliphatic heterocycles. The second-order valence-corrected chi connectivity index (χ2v) is 7.53. The van der Waals surface area contributed by atoms with Crippen LogP contribution in [0.5, 0.6) is 0 Å². The number of carbonyl (C=O) groups excluding carboxylic acids is 2. The van der Waals surface area contributed by atoms with Crippen LogP contribution in [0.1, 0.15) is 62.4 Å². The average Bonchev–Trinajstić information content (AvgIpc) is 3.24. The third-order valence-corrected chi connectivity index (χ3v) is 5.53. The zero-order valence-corrected chi connectivity index (χ0v) is 16.9. The van der Waals surface area contributed by atoms with Crippen molar-refractivity contribution < 1.29 is 9.59 Å². The van der Waals surface area contributed by atoms with Crippen molar-refractivity contribution in [1.82, 2.24) is 10.9 Å². The van der Waals surface area contributed by atoms with Crippen LogP contribution in [0, 0.1) is 0 Å². The standard InChI is InChI=1S/C16H12O2.C9H13N3/c1-2-10-7-8-13-14(9-10)16(18)12-6-4-3-5-11(12)15(13)17;10-9-6-8(11-12-9)7-4-2-1-3-5-7/h3-9H,2H2,1H3;1-5,8-9,11-12H,6,10H2. The Morgan fingerprint density at radius 3 is 2.00 bits per heavy atom. The molecule has 4 N–H and O–H groups in total. The van der Waals surface area contributed by atoms with E-state index in [1.54, 1.807) is 30.3 Å². The highest BCUT2D eigenvalue weighted by molar-refractivity contribution is 6.28. The first-order valence-electron chi connectivity index (χ1n) is 10.2. The zero-order chi connectivity index (χ0) is 21.1. The Bertz CT molecular complexity index is 1080. The molecule has 3 aromatic rings. The molecule has 2 unspecified atom stereocenters. The van der Waals surface area contributed by atoms with Gasteiger partial charge in [-0.25, -0.2) is 10.9 Å². The molecular formula is C25H25N3O2. The van der Waals surface area contributed by atoms with Gasteiger partial charge in [-0.2, -0.15) is 0 Å². The van der Waals surface area contributed by atoms with Crippen molar-refractivity contribution in [2.24, 2.45) is 5.73 Å². The third-order valence-electron chi connectivity index (χ3n) is 5.53. The third kappa shape index (κ3) is 3.96. The molecule has 1 fully saturated rings. The molecule has 2 atom stereocenters. The molecule has 5 rings (SSSR count). The molecule has 0 radical (unpaired) electrons. The monoisotopic (exact) mass is 399 g/mol. The maximum atomic E-state index is 12.4. The zero-order valence-electron chi connectivity index (χ0n) is 16.9. The molecule has 5 heteroatoms. The Morgan fingerprint density at radius 1 is 0.800 bits per heavy atom. The number of ketones is 2. The Kier molecular flexibility index (Phi) is 5.86. The minimum Gasteiger partial charge on any atom is -0.315 e. The van der Waals surface area contributed by atoms with E-state index in [1.807, 2.05) is 37.3 Å². The summed E-state index contributed by atoms with van der Waals surface area (Å²) in [6, 6.07) is 23.2. The minimum absolute atomic E-state index is 0.0458. The van der Waals surface area contributed by atoms with Crippen molar-refractivity contribution in [2.75, 3.05) is 0 Å². The molecule has 0 amide bonds. The van der Waals surface area contributed by atoms with Crippen molar-refractivity contribution in [3.05, 3.63) is 106 Å². The number of benzene rings is 3. The lowest BCUT2D eigenvalue weighted by Gasteiger charge is -2.17. The van der Waals surface area contributed by atoms with Gasteiger partial charge in [-0.05, 0) is 30.0 Å². The molecule has 0 spiro atoms. The van der Waals surface area contributed by atoms with Gasteiger partial charge in [0.05, 0.1) is 6.17 Å². The number of aryl methyl sites for hydroxylation is 1. The van der Waals surface area contributed by atoms with E-state index >= 15 is 0 Å². The molecule has 152 valence electrons. The summed E-state index contributed by atoms with van der Waals surface area (Å²) in [7, 11) is 0. The second-order valence-electron chi connectivity index (χ2n) is 7.53. The Labute approximate surface area is 176 Å². The first kappa shape index (κ1) is 20.2. The SMILES string of the molecule is CCc1ccc2c(c1)C(=O)c1ccccc1C2=O.NC1CC(c2ccccc2)NN1. The smallest absolute Gasteiger partial charge is 0.194 e. The van der Waals surface area contributed by atoms with Gasteiger partial charge in [0, 0.05) is 28.3 Å². The summed E-state index contributed by atoms with van der Waals surface area (Å²) in [6.45, 7) is 2.03. The average molecular weight is 399 g/mol. The van der Waals surface area contributed by atoms with E-state index in [0.29, 0.717) is 28.3 Å². The van der Waals surface area contributed by atoms with E-state index in [-0.39, 0.29) is 17.7 Å². The minimum atomic E-state index is -0.0529. The number of fused-ring (bicyclic) bond motifs is 2. The van der Waals surface area contributed by atoms with Gasteiger partial charge in [0.25, 0.3) is 0 Å². The summed E-state index contributed by atoms with van der Waals surface area (Å²) in [5.74, 6) is -0.0987. The fourth-order valence-electron chi connectivity index (χ4n) is 3.85. The number of rotatable bonds is 2. The van der Waals surface area contributed by atoms with Crippen molar-refractivity contribution in [3.8, 4) is 0 Å². The van der Waals surface area contributed by atoms with E-state index < -0.39 is 0 Å². The van der Waals surface area contributed by atoms with Crippen LogP contribution in [0.25, 0.3) is 0 Å². The maximum Gasteiger partial charge on any atom is 0.194 e. The predicted octanol–water partition coefficient (Wildman–Crippen LogP) is 3.53. The molecule has 1 aliphatic carbocycles. The number of hydrogen-bond acceptors (Lipinski definition) is 5. The van der Waals surface area contributed by atoms with Crippen molar-refractivity contribution in [3.63, 3.8) is 0 Å². The molecule has 0 aromatic heterocycles. The van der Waals surface area contributed by atoms with Crippen LogP contribution in [0.2, 0.25) is 0 Å². The van der Waals surface area contributed by atoms with Gasteiger partial charge in [0.1, 0.15) is 0 Å². The summed E-state index contributed by atoms with van der Waals surface area (Å²) >= 11 is 0. The van der Waals surface area contributed by atoms with Gasteiger partial charge in [-0.15, -0.1) is 0 Å². The van der Waals surface area contributed by atoms with Crippen LogP contribution in [0.4, 0.5) is 0 Å². The van der Waals surface area contributed by atoms with E-state index in [2.05, 4.69) is 23.0 Å². The highest BCUT2D eigenvalue weighted by atomic mass is 16.1. The lowest BCUT2D eigenvalue weighted by atomic mass is 9.83. The molecule has 2 aliphatic rings. The number of nitrogens with one attached hydrogen (secondary N) is 2. The number of hydrazine groups is 1. The summed E-state index contributed by atoms with van der Waals surface area (Å²) in [4.78, 5) is 24.7. The highest BCUT2D eigenvalue weighted by Gasteiger charge is 2.29. The van der Waals surface area contributed by atoms with E-state index in [1.165, 1.54) is 5.56 Å². The van der Waals surface area contributed by atoms with Gasteiger partial charge < -0.3 is 5.73 Å². The Hall–Kier alpha value is -3.12. The summed E-state index contributed by atoms with van der Waals surface area (Å²) in [5.41, 5.74) is 16.3. The molecule has 5 nitrogen and oxygen atoms in total. The Morgan fingerprint density at radius 2 is 1.40 bits per heavy atom. The van der Waals surface area contributed by atoms with Crippen LogP contribution in [0.3, 0.4) is 0 Å². The summed E-state index contributed by atoms with van der Waals surface area (Å²) in [6.07, 6.45) is 1.88. The van der Waals surface area contributed by atoms with E-state index in [4.69, 9.17) is 5.73 Å². The normalized spacial score (nSPS) is 19.5. The van der Waals surface area contributed by atoms with Crippen molar-refractivity contribution in [2.45, 2.75) is 32.0 Å². The van der Waals surface area contributed by atoms with Crippen LogP contribution < -0.4 is 16.6 Å². The molecule has 0 saturated carbocycles. The number of nitrogens with two attached hydrogens (primary N) is 1. The van der Waals surface area contributed by atoms with E-state index in [9.17, 15) is 9.59 Å². The summed E-state index contributed by atoms with van der Waals surface area (Å²) in [5, 5.41) is 0. The fraction of sp³-hybridized carbons (Fsp3) is 0.200. The summed E-state index contributed by atoms with van der Waals surface area (Å²) < 4.78 is 0. The van der Waals surface area contributed by atoms with Gasteiger partial charge in [0.15, 0.2) is 11.6 Å². The first-order valence-corrected chi connectivity index (χ1v) is 10.2. The van der Waals surface area contributed by atoms with Crippen LogP contribution in [0.15, 0.2) is 72.8 Å². The van der Waals surface area contributed by atoms with Gasteiger partial charge in [0.2, 0.25) is 0 Å². The van der Waals surface area contributed by atoms with Crippen LogP contribution in [-0.4, -0.2) is 17.7 Å². The largest absolute Gasteiger partial charge is 0.315 e. The van der Waals surface area contributed by atoms with Crippen LogP contribution >= 0.6 is 0 Å². The first-order chi connectivity index (χ1) is 14.6. The van der Waals surface area contributed by atoms with Crippen LogP contribution in [-0.2, 0) is 6.42 Å². The predicted molar refractivity (Wildman–Crippen MR) is 117 cm³/mol. The molecule has 0 bridgehead atoms. The molecule has 1 heterocycles. The Balaban J connectivity index is 0.000000158. The van der Waals surface area contributed by atoms with Gasteiger partial charge >= 0.3 is 0 Å². The number of hydrogen-bond donors (Lipinski definition) is 3. The molecular weight excluding hydrogens is 374 g/mol. The van der Waals surface area contributed by atoms with E-state index in [0.717, 1.165) is 18.4 Å². The topological polar surface area (TPSA) is 84.2 Å². The fourth-order valence-corrected chi connectivity index (χ4v) is 3.85. The van der Waals surface area contributed by atoms with Gasteiger partial charge in [-0.3, -0.25) is 9.59 Å². The highest BCUT2D eigenvalue weighted by Crippen LogP contribution is 2.27. The van der Waals surface area contributed by atoms with Crippen molar-refractivity contribution in [1.29, 1.82) is 0 Å². The second kappa shape index (κ2) is 8.71. The van der Waals surface area contributed by atoms with Crippen molar-refractivity contribution >= 4 is 11.6 Å². The molecule has 3 aromatic carbocycles. The maximum absolute atomic E-state index is 12.4. The molecule has 1 saturated heterocycles. The quantitative estimate of drug-likeness (QED) is 0.480. The van der Waals surface area contributed by atoms with Gasteiger partial charge in [-0.1, -0.05) is 73.7 Å². The molecule has 30 heavy (non-hydrogen) atoms. The number of carbonyl (C=O) groups is 2. The lowest BCUT2D eigenvalue weighted by molar-refractivity contribution is 0.0979. The lowest BCUT2D eigenvalue weighted by Crippen LogP contribution is -2.36.